The van der Waals surface area contributed by atoms with Crippen LogP contribution < -0.4 is 0 Å². The molecule has 0 aliphatic carbocycles. The normalized spacial score (nSPS) is 13.1. The van der Waals surface area contributed by atoms with Crippen molar-refractivity contribution in [2.24, 2.45) is 0 Å². The van der Waals surface area contributed by atoms with Crippen LogP contribution in [0.4, 0.5) is 0 Å². The average molecular weight is 259 g/mol. The third-order valence-corrected chi connectivity index (χ3v) is 7.30. The van der Waals surface area contributed by atoms with Gasteiger partial charge in [0.05, 0.1) is 6.61 Å². The summed E-state index contributed by atoms with van der Waals surface area (Å²) in [6.07, 6.45) is 3.95. The molecule has 17 heavy (non-hydrogen) atoms. The van der Waals surface area contributed by atoms with Gasteiger partial charge in [-0.1, -0.05) is 19.9 Å². The molecule has 3 nitrogen and oxygen atoms in total. The summed E-state index contributed by atoms with van der Waals surface area (Å²) in [5.41, 5.74) is 0. The summed E-state index contributed by atoms with van der Waals surface area (Å²) in [7, 11) is -2.08. The molecule has 0 aliphatic rings. The molecule has 0 saturated heterocycles. The van der Waals surface area contributed by atoms with Crippen molar-refractivity contribution < 1.29 is 9.90 Å². The van der Waals surface area contributed by atoms with Gasteiger partial charge in [-0.2, -0.15) is 0 Å². The van der Waals surface area contributed by atoms with E-state index < -0.39 is 8.32 Å². The molecule has 0 aliphatic heterocycles. The summed E-state index contributed by atoms with van der Waals surface area (Å²) in [6.45, 7) is 14.7. The van der Waals surface area contributed by atoms with Crippen LogP contribution in [0.2, 0.25) is 18.1 Å². The minimum absolute atomic E-state index is 0.0477. The Morgan fingerprint density at radius 3 is 2.29 bits per heavy atom. The van der Waals surface area contributed by atoms with Crippen molar-refractivity contribution in [1.29, 1.82) is 0 Å². The lowest BCUT2D eigenvalue weighted by molar-refractivity contribution is 0.204. The summed E-state index contributed by atoms with van der Waals surface area (Å²) < 4.78 is 0. The molecule has 0 atom stereocenters. The van der Waals surface area contributed by atoms with Crippen molar-refractivity contribution >= 4 is 8.32 Å². The zero-order chi connectivity index (χ0) is 13.5. The van der Waals surface area contributed by atoms with Crippen molar-refractivity contribution in [3.8, 4) is 0 Å². The highest BCUT2D eigenvalue weighted by molar-refractivity contribution is 6.72. The predicted molar refractivity (Wildman–Crippen MR) is 76.7 cm³/mol. The van der Waals surface area contributed by atoms with E-state index in [4.69, 9.17) is 5.11 Å². The maximum absolute atomic E-state index is 10.2. The average Bonchev–Trinajstić information content (AvgIpc) is 2.16. The molecule has 0 unspecified atom stereocenters. The second-order valence-corrected chi connectivity index (χ2v) is 10.3. The largest absolute Gasteiger partial charge is 0.432 e. The third kappa shape index (κ3) is 6.36. The summed E-state index contributed by atoms with van der Waals surface area (Å²) in [6, 6.07) is 0. The molecule has 0 rings (SSSR count). The van der Waals surface area contributed by atoms with E-state index in [1.165, 1.54) is 0 Å². The van der Waals surface area contributed by atoms with Crippen molar-refractivity contribution in [1.82, 2.24) is 4.90 Å². The number of aliphatic hydroxyl groups is 1. The molecule has 0 heterocycles. The molecular formula is C13H29NO2Si. The molecule has 0 amide bonds. The summed E-state index contributed by atoms with van der Waals surface area (Å²) in [4.78, 5) is 12.4. The van der Waals surface area contributed by atoms with E-state index in [-0.39, 0.29) is 11.6 Å². The van der Waals surface area contributed by atoms with Gasteiger partial charge in [0.15, 0.2) is 8.32 Å². The number of aliphatic hydroxyl groups excluding tert-OH is 1. The lowest BCUT2D eigenvalue weighted by Gasteiger charge is -2.35. The van der Waals surface area contributed by atoms with Crippen molar-refractivity contribution in [3.63, 3.8) is 0 Å². The van der Waals surface area contributed by atoms with Crippen LogP contribution in [0.1, 0.15) is 26.7 Å². The topological polar surface area (TPSA) is 43.7 Å². The van der Waals surface area contributed by atoms with Gasteiger partial charge in [0.25, 0.3) is 0 Å². The van der Waals surface area contributed by atoms with Gasteiger partial charge in [-0.3, -0.25) is 4.90 Å². The molecule has 0 aromatic carbocycles. The SMILES string of the molecule is C=CCN(CCO)CCCC(C)(C)[Si](C)(C)O. The fraction of sp³-hybridized carbons (Fsp3) is 0.846. The first-order valence-corrected chi connectivity index (χ1v) is 9.36. The monoisotopic (exact) mass is 259 g/mol. The Balaban J connectivity index is 4.07. The first kappa shape index (κ1) is 16.8. The van der Waals surface area contributed by atoms with Crippen molar-refractivity contribution in [3.05, 3.63) is 12.7 Å². The van der Waals surface area contributed by atoms with Crippen molar-refractivity contribution in [2.75, 3.05) is 26.2 Å². The highest BCUT2D eigenvalue weighted by Crippen LogP contribution is 2.39. The van der Waals surface area contributed by atoms with E-state index >= 15 is 0 Å². The zero-order valence-electron chi connectivity index (χ0n) is 11.9. The molecule has 4 heteroatoms. The zero-order valence-corrected chi connectivity index (χ0v) is 12.9. The Bertz CT molecular complexity index is 224. The molecule has 0 aromatic heterocycles. The van der Waals surface area contributed by atoms with Gasteiger partial charge < -0.3 is 9.90 Å². The Morgan fingerprint density at radius 1 is 1.29 bits per heavy atom. The second kappa shape index (κ2) is 7.31. The van der Waals surface area contributed by atoms with Gasteiger partial charge in [-0.05, 0) is 37.5 Å². The molecule has 0 bridgehead atoms. The molecule has 0 saturated carbocycles. The third-order valence-electron chi connectivity index (χ3n) is 3.74. The Labute approximate surface area is 107 Å². The number of hydrogen-bond acceptors (Lipinski definition) is 3. The van der Waals surface area contributed by atoms with E-state index in [0.717, 1.165) is 25.9 Å². The van der Waals surface area contributed by atoms with Crippen LogP contribution >= 0.6 is 0 Å². The van der Waals surface area contributed by atoms with E-state index in [2.05, 4.69) is 25.3 Å². The molecule has 0 spiro atoms. The summed E-state index contributed by atoms with van der Waals surface area (Å²) in [5.74, 6) is 0. The van der Waals surface area contributed by atoms with E-state index in [1.54, 1.807) is 0 Å². The fourth-order valence-corrected chi connectivity index (χ4v) is 2.46. The quantitative estimate of drug-likeness (QED) is 0.493. The number of nitrogens with zero attached hydrogens (tertiary/aromatic N) is 1. The van der Waals surface area contributed by atoms with Gasteiger partial charge in [0.1, 0.15) is 0 Å². The molecular weight excluding hydrogens is 230 g/mol. The van der Waals surface area contributed by atoms with Crippen LogP contribution in [-0.2, 0) is 0 Å². The number of hydrogen-bond donors (Lipinski definition) is 2. The molecule has 0 aromatic rings. The van der Waals surface area contributed by atoms with Gasteiger partial charge in [-0.15, -0.1) is 6.58 Å². The van der Waals surface area contributed by atoms with E-state index in [0.29, 0.717) is 6.54 Å². The highest BCUT2D eigenvalue weighted by Gasteiger charge is 2.37. The first-order chi connectivity index (χ1) is 7.74. The number of rotatable bonds is 9. The smallest absolute Gasteiger partial charge is 0.188 e. The lowest BCUT2D eigenvalue weighted by atomic mass is 10.1. The Hall–Kier alpha value is -0.163. The summed E-state index contributed by atoms with van der Waals surface area (Å²) >= 11 is 0. The van der Waals surface area contributed by atoms with Crippen LogP contribution in [-0.4, -0.2) is 49.4 Å². The van der Waals surface area contributed by atoms with Crippen LogP contribution in [0.25, 0.3) is 0 Å². The molecule has 0 radical (unpaired) electrons. The van der Waals surface area contributed by atoms with Gasteiger partial charge in [-0.25, -0.2) is 0 Å². The molecule has 0 fully saturated rings. The van der Waals surface area contributed by atoms with Crippen LogP contribution in [0.3, 0.4) is 0 Å². The van der Waals surface area contributed by atoms with Gasteiger partial charge >= 0.3 is 0 Å². The summed E-state index contributed by atoms with van der Waals surface area (Å²) in [5, 5.41) is 8.99. The standard InChI is InChI=1S/C13H29NO2Si/c1-6-9-14(11-12-15)10-7-8-13(2,3)17(4,5)16/h6,15-16H,1,7-12H2,2-5H3. The van der Waals surface area contributed by atoms with Gasteiger partial charge in [0.2, 0.25) is 0 Å². The van der Waals surface area contributed by atoms with Crippen LogP contribution in [0.15, 0.2) is 12.7 Å². The lowest BCUT2D eigenvalue weighted by Crippen LogP contribution is -2.39. The van der Waals surface area contributed by atoms with Gasteiger partial charge in [0, 0.05) is 13.1 Å². The fourth-order valence-electron chi connectivity index (χ4n) is 1.67. The van der Waals surface area contributed by atoms with E-state index in [1.807, 2.05) is 19.2 Å². The minimum Gasteiger partial charge on any atom is -0.432 e. The maximum Gasteiger partial charge on any atom is 0.188 e. The molecule has 2 N–H and O–H groups in total. The minimum atomic E-state index is -2.08. The second-order valence-electron chi connectivity index (χ2n) is 5.86. The first-order valence-electron chi connectivity index (χ1n) is 6.41. The van der Waals surface area contributed by atoms with Crippen molar-refractivity contribution in [2.45, 2.75) is 44.8 Å². The Kier molecular flexibility index (Phi) is 7.24. The Morgan fingerprint density at radius 2 is 1.88 bits per heavy atom. The van der Waals surface area contributed by atoms with Crippen LogP contribution in [0.5, 0.6) is 0 Å². The van der Waals surface area contributed by atoms with Crippen LogP contribution in [0, 0.1) is 0 Å². The maximum atomic E-state index is 10.2. The predicted octanol–water partition coefficient (Wildman–Crippen LogP) is 2.22. The molecule has 102 valence electrons. The van der Waals surface area contributed by atoms with E-state index in [9.17, 15) is 4.80 Å². The highest BCUT2D eigenvalue weighted by atomic mass is 28.4.